The predicted octanol–water partition coefficient (Wildman–Crippen LogP) is 6.04. The van der Waals surface area contributed by atoms with Crippen molar-refractivity contribution in [3.63, 3.8) is 0 Å². The number of halogens is 8. The van der Waals surface area contributed by atoms with Crippen LogP contribution in [-0.4, -0.2) is 54.1 Å². The van der Waals surface area contributed by atoms with Gasteiger partial charge in [0.15, 0.2) is 0 Å². The molecule has 0 spiro atoms. The number of carbonyl (C=O) groups excluding carboxylic acids is 1. The first-order chi connectivity index (χ1) is 17.2. The van der Waals surface area contributed by atoms with Gasteiger partial charge >= 0.3 is 12.4 Å². The molecule has 0 saturated carbocycles. The molecule has 2 unspecified atom stereocenters. The second-order valence-corrected chi connectivity index (χ2v) is 9.49. The van der Waals surface area contributed by atoms with Gasteiger partial charge in [-0.1, -0.05) is 6.07 Å². The van der Waals surface area contributed by atoms with E-state index >= 15 is 0 Å². The molecule has 38 heavy (non-hydrogen) atoms. The van der Waals surface area contributed by atoms with Gasteiger partial charge in [0, 0.05) is 45.1 Å². The molecule has 0 aromatic heterocycles. The lowest BCUT2D eigenvalue weighted by Crippen LogP contribution is -2.46. The summed E-state index contributed by atoms with van der Waals surface area (Å²) in [6.45, 7) is 2.85. The van der Waals surface area contributed by atoms with Gasteiger partial charge in [-0.3, -0.25) is 4.79 Å². The van der Waals surface area contributed by atoms with Crippen LogP contribution in [0.3, 0.4) is 0 Å². The van der Waals surface area contributed by atoms with Gasteiger partial charge in [0.2, 0.25) is 5.91 Å². The van der Waals surface area contributed by atoms with Crippen LogP contribution in [0.15, 0.2) is 36.4 Å². The third-order valence-electron chi connectivity index (χ3n) is 6.72. The van der Waals surface area contributed by atoms with Crippen molar-refractivity contribution in [1.29, 1.82) is 0 Å². The number of aliphatic hydroxyl groups is 1. The Morgan fingerprint density at radius 2 is 1.66 bits per heavy atom. The first kappa shape index (κ1) is 31.8. The SMILES string of the molecule is Cc1cc(F)ccc1C1CN(CCCO)CCC1C(=O)N(C)Cc1cc(C(F)(F)F)cc(C(F)(F)F)c1.Cl. The van der Waals surface area contributed by atoms with Crippen LogP contribution in [0.2, 0.25) is 0 Å². The molecule has 2 aromatic rings. The molecule has 2 atom stereocenters. The van der Waals surface area contributed by atoms with Gasteiger partial charge in [0.1, 0.15) is 5.82 Å². The molecule has 0 bridgehead atoms. The second kappa shape index (κ2) is 12.7. The van der Waals surface area contributed by atoms with E-state index in [0.29, 0.717) is 50.2 Å². The van der Waals surface area contributed by atoms with Crippen LogP contribution in [0.25, 0.3) is 0 Å². The highest BCUT2D eigenvalue weighted by atomic mass is 35.5. The number of likely N-dealkylation sites (tertiary alicyclic amines) is 1. The number of nitrogens with zero attached hydrogens (tertiary/aromatic N) is 2. The van der Waals surface area contributed by atoms with Crippen LogP contribution in [0, 0.1) is 18.7 Å². The van der Waals surface area contributed by atoms with E-state index in [1.54, 1.807) is 13.0 Å². The fourth-order valence-electron chi connectivity index (χ4n) is 4.93. The Morgan fingerprint density at radius 3 is 2.18 bits per heavy atom. The van der Waals surface area contributed by atoms with Gasteiger partial charge < -0.3 is 14.9 Å². The molecule has 1 aliphatic rings. The van der Waals surface area contributed by atoms with E-state index in [0.717, 1.165) is 10.5 Å². The molecule has 1 amide bonds. The Bertz CT molecular complexity index is 1080. The van der Waals surface area contributed by atoms with E-state index in [4.69, 9.17) is 0 Å². The van der Waals surface area contributed by atoms with Gasteiger partial charge in [-0.25, -0.2) is 4.39 Å². The van der Waals surface area contributed by atoms with Crippen molar-refractivity contribution in [3.05, 3.63) is 70.0 Å². The summed E-state index contributed by atoms with van der Waals surface area (Å²) in [6.07, 6.45) is -9.03. The fourth-order valence-corrected chi connectivity index (χ4v) is 4.93. The van der Waals surface area contributed by atoms with Crippen LogP contribution < -0.4 is 0 Å². The van der Waals surface area contributed by atoms with Gasteiger partial charge in [-0.15, -0.1) is 12.4 Å². The highest BCUT2D eigenvalue weighted by Gasteiger charge is 2.39. The van der Waals surface area contributed by atoms with E-state index in [2.05, 4.69) is 4.90 Å². The third-order valence-corrected chi connectivity index (χ3v) is 6.72. The highest BCUT2D eigenvalue weighted by Crippen LogP contribution is 2.38. The van der Waals surface area contributed by atoms with Gasteiger partial charge in [0.25, 0.3) is 0 Å². The molecule has 212 valence electrons. The summed E-state index contributed by atoms with van der Waals surface area (Å²) in [5.41, 5.74) is -1.76. The molecule has 1 saturated heterocycles. The standard InChI is InChI=1S/C26H29F7N2O2.ClH/c1-16-10-20(27)4-5-21(16)23-15-35(7-3-9-36)8-6-22(23)24(37)34(2)14-17-11-18(25(28,29)30)13-19(12-17)26(31,32)33;/h4-5,10-13,22-23,36H,3,6-9,14-15H2,1-2H3;1H. The van der Waals surface area contributed by atoms with Gasteiger partial charge in [-0.2, -0.15) is 26.3 Å². The number of aryl methyl sites for hydroxylation is 1. The highest BCUT2D eigenvalue weighted by molar-refractivity contribution is 5.85. The Labute approximate surface area is 222 Å². The maximum atomic E-state index is 13.7. The molecule has 2 aromatic carbocycles. The monoisotopic (exact) mass is 570 g/mol. The number of benzene rings is 2. The zero-order valence-electron chi connectivity index (χ0n) is 20.9. The van der Waals surface area contributed by atoms with Crippen molar-refractivity contribution < 1.29 is 40.6 Å². The Kier molecular flexibility index (Phi) is 10.6. The van der Waals surface area contributed by atoms with Crippen molar-refractivity contribution in [3.8, 4) is 0 Å². The summed E-state index contributed by atoms with van der Waals surface area (Å²) in [5, 5.41) is 9.18. The van der Waals surface area contributed by atoms with E-state index < -0.39 is 47.7 Å². The number of rotatable bonds is 7. The summed E-state index contributed by atoms with van der Waals surface area (Å²) in [7, 11) is 1.35. The topological polar surface area (TPSA) is 43.8 Å². The Morgan fingerprint density at radius 1 is 1.05 bits per heavy atom. The maximum absolute atomic E-state index is 13.7. The lowest BCUT2D eigenvalue weighted by molar-refractivity contribution is -0.143. The molecule has 1 aliphatic heterocycles. The minimum absolute atomic E-state index is 0. The van der Waals surface area contributed by atoms with E-state index in [9.17, 15) is 40.6 Å². The molecular formula is C26H30ClF7N2O2. The minimum Gasteiger partial charge on any atom is -0.396 e. The Balaban J connectivity index is 0.00000507. The Hall–Kier alpha value is -2.37. The van der Waals surface area contributed by atoms with Gasteiger partial charge in [-0.05, 0) is 73.3 Å². The summed E-state index contributed by atoms with van der Waals surface area (Å²) >= 11 is 0. The molecule has 1 heterocycles. The third kappa shape index (κ3) is 7.83. The lowest BCUT2D eigenvalue weighted by atomic mass is 9.78. The van der Waals surface area contributed by atoms with Crippen molar-refractivity contribution in [2.45, 2.75) is 44.6 Å². The van der Waals surface area contributed by atoms with E-state index in [1.165, 1.54) is 19.2 Å². The van der Waals surface area contributed by atoms with Crippen molar-refractivity contribution >= 4 is 18.3 Å². The molecular weight excluding hydrogens is 541 g/mol. The first-order valence-electron chi connectivity index (χ1n) is 11.8. The minimum atomic E-state index is -4.98. The quantitative estimate of drug-likeness (QED) is 0.413. The number of carbonyl (C=O) groups is 1. The normalized spacial score (nSPS) is 18.7. The maximum Gasteiger partial charge on any atom is 0.416 e. The van der Waals surface area contributed by atoms with Crippen molar-refractivity contribution in [2.24, 2.45) is 5.92 Å². The summed E-state index contributed by atoms with van der Waals surface area (Å²) in [4.78, 5) is 16.7. The van der Waals surface area contributed by atoms with Crippen LogP contribution in [0.5, 0.6) is 0 Å². The number of hydrogen-bond donors (Lipinski definition) is 1. The van der Waals surface area contributed by atoms with Gasteiger partial charge in [0.05, 0.1) is 11.1 Å². The summed E-state index contributed by atoms with van der Waals surface area (Å²) < 4.78 is 93.3. The number of piperidine rings is 1. The smallest absolute Gasteiger partial charge is 0.396 e. The summed E-state index contributed by atoms with van der Waals surface area (Å²) in [6, 6.07) is 5.56. The number of amides is 1. The second-order valence-electron chi connectivity index (χ2n) is 9.49. The van der Waals surface area contributed by atoms with E-state index in [-0.39, 0.29) is 36.6 Å². The zero-order chi connectivity index (χ0) is 27.5. The van der Waals surface area contributed by atoms with Crippen molar-refractivity contribution in [2.75, 3.05) is 33.3 Å². The molecule has 3 rings (SSSR count). The fraction of sp³-hybridized carbons (Fsp3) is 0.500. The first-order valence-corrected chi connectivity index (χ1v) is 11.8. The van der Waals surface area contributed by atoms with Crippen molar-refractivity contribution in [1.82, 2.24) is 9.80 Å². The molecule has 1 N–H and O–H groups in total. The molecule has 0 radical (unpaired) electrons. The largest absolute Gasteiger partial charge is 0.416 e. The average molecular weight is 571 g/mol. The zero-order valence-corrected chi connectivity index (χ0v) is 21.7. The average Bonchev–Trinajstić information content (AvgIpc) is 2.81. The van der Waals surface area contributed by atoms with Crippen LogP contribution in [0.4, 0.5) is 30.7 Å². The van der Waals surface area contributed by atoms with Crippen LogP contribution in [-0.2, 0) is 23.7 Å². The summed E-state index contributed by atoms with van der Waals surface area (Å²) in [5.74, 6) is -1.82. The van der Waals surface area contributed by atoms with Crippen LogP contribution in [0.1, 0.15) is 46.6 Å². The molecule has 12 heteroatoms. The predicted molar refractivity (Wildman–Crippen MR) is 130 cm³/mol. The lowest BCUT2D eigenvalue weighted by Gasteiger charge is -2.40. The number of alkyl halides is 6. The number of aliphatic hydroxyl groups excluding tert-OH is 1. The number of hydrogen-bond acceptors (Lipinski definition) is 3. The van der Waals surface area contributed by atoms with E-state index in [1.807, 2.05) is 0 Å². The molecule has 4 nitrogen and oxygen atoms in total. The van der Waals surface area contributed by atoms with Crippen LogP contribution >= 0.6 is 12.4 Å². The molecule has 1 fully saturated rings. The molecule has 0 aliphatic carbocycles.